The molecule has 1 N–H and O–H groups in total. The number of carbonyl (C=O) groups is 1. The molecule has 1 aliphatic heterocycles. The Morgan fingerprint density at radius 3 is 2.80 bits per heavy atom. The highest BCUT2D eigenvalue weighted by atomic mass is 32.2. The Kier molecular flexibility index (Phi) is 6.34. The summed E-state index contributed by atoms with van der Waals surface area (Å²) in [6.45, 7) is 1.86. The van der Waals surface area contributed by atoms with Crippen molar-refractivity contribution in [2.24, 2.45) is 0 Å². The summed E-state index contributed by atoms with van der Waals surface area (Å²) in [5, 5.41) is 4.03. The molecule has 0 unspecified atom stereocenters. The number of amides is 1. The van der Waals surface area contributed by atoms with Crippen molar-refractivity contribution in [1.82, 2.24) is 15.0 Å². The number of fused-ring (bicyclic) bond motifs is 1. The summed E-state index contributed by atoms with van der Waals surface area (Å²) in [6.07, 6.45) is -3.05. The maximum atomic E-state index is 12.8. The molecule has 0 aliphatic carbocycles. The van der Waals surface area contributed by atoms with E-state index < -0.39 is 17.6 Å². The molecule has 1 fully saturated rings. The number of carbonyl (C=O) groups excluding carboxylic acids is 1. The molecule has 1 aromatic carbocycles. The van der Waals surface area contributed by atoms with E-state index >= 15 is 0 Å². The number of thiazole rings is 1. The van der Waals surface area contributed by atoms with Crippen LogP contribution in [0, 0.1) is 0 Å². The molecule has 0 bridgehead atoms. The molecule has 1 aliphatic rings. The van der Waals surface area contributed by atoms with Crippen LogP contribution in [0.1, 0.15) is 5.56 Å². The smallest absolute Gasteiger partial charge is 0.346 e. The molecule has 1 amide bonds. The van der Waals surface area contributed by atoms with E-state index in [0.29, 0.717) is 10.7 Å². The zero-order valence-corrected chi connectivity index (χ0v) is 17.9. The fraction of sp³-hybridized carbons (Fsp3) is 0.333. The summed E-state index contributed by atoms with van der Waals surface area (Å²) in [4.78, 5) is 27.5. The molecule has 2 aromatic heterocycles. The van der Waals surface area contributed by atoms with E-state index in [9.17, 15) is 18.0 Å². The van der Waals surface area contributed by atoms with Gasteiger partial charge in [-0.15, -0.1) is 0 Å². The predicted octanol–water partition coefficient (Wildman–Crippen LogP) is 4.39. The second-order valence-electron chi connectivity index (χ2n) is 6.34. The Hall–Kier alpha value is -2.05. The van der Waals surface area contributed by atoms with Crippen LogP contribution < -0.4 is 10.2 Å². The highest BCUT2D eigenvalue weighted by Crippen LogP contribution is 2.35. The fourth-order valence-electron chi connectivity index (χ4n) is 2.82. The predicted molar refractivity (Wildman–Crippen MR) is 116 cm³/mol. The molecule has 12 heteroatoms. The summed E-state index contributed by atoms with van der Waals surface area (Å²) in [5.74, 6) is 1.71. The SMILES string of the molecule is O=C(CSc1ncnc2nc(N3CCSCC3)sc12)Nc1cccc(C(F)(F)F)c1. The van der Waals surface area contributed by atoms with Crippen molar-refractivity contribution in [3.8, 4) is 0 Å². The van der Waals surface area contributed by atoms with Gasteiger partial charge >= 0.3 is 6.18 Å². The van der Waals surface area contributed by atoms with Gasteiger partial charge in [0, 0.05) is 30.3 Å². The van der Waals surface area contributed by atoms with Crippen molar-refractivity contribution in [2.45, 2.75) is 11.2 Å². The van der Waals surface area contributed by atoms with E-state index in [1.165, 1.54) is 41.6 Å². The minimum atomic E-state index is -4.46. The molecule has 0 radical (unpaired) electrons. The second kappa shape index (κ2) is 8.98. The molecule has 3 heterocycles. The van der Waals surface area contributed by atoms with E-state index in [1.54, 1.807) is 0 Å². The third-order valence-electron chi connectivity index (χ3n) is 4.24. The minimum absolute atomic E-state index is 0.00987. The quantitative estimate of drug-likeness (QED) is 0.437. The lowest BCUT2D eigenvalue weighted by atomic mass is 10.2. The first-order valence-corrected chi connectivity index (χ1v) is 11.9. The Bertz CT molecular complexity index is 1050. The lowest BCUT2D eigenvalue weighted by molar-refractivity contribution is -0.137. The van der Waals surface area contributed by atoms with Gasteiger partial charge in [0.05, 0.1) is 11.3 Å². The zero-order chi connectivity index (χ0) is 21.1. The van der Waals surface area contributed by atoms with E-state index in [1.807, 2.05) is 11.8 Å². The average Bonchev–Trinajstić information content (AvgIpc) is 3.17. The Balaban J connectivity index is 1.43. The molecule has 1 saturated heterocycles. The van der Waals surface area contributed by atoms with Crippen LogP contribution in [0.2, 0.25) is 0 Å². The standard InChI is InChI=1S/C18H16F3N5OS3/c19-18(20,21)11-2-1-3-12(8-11)24-13(27)9-29-16-14-15(22-10-23-16)25-17(30-14)26-4-6-28-7-5-26/h1-3,8,10H,4-7,9H2,(H,24,27). The third kappa shape index (κ3) is 4.98. The number of alkyl halides is 3. The van der Waals surface area contributed by atoms with E-state index in [0.717, 1.165) is 46.6 Å². The monoisotopic (exact) mass is 471 g/mol. The number of aromatic nitrogens is 3. The molecule has 0 saturated carbocycles. The van der Waals surface area contributed by atoms with Crippen molar-refractivity contribution in [3.05, 3.63) is 36.2 Å². The number of anilines is 2. The molecule has 0 atom stereocenters. The first kappa shape index (κ1) is 21.2. The molecule has 4 rings (SSSR count). The van der Waals surface area contributed by atoms with Gasteiger partial charge in [0.25, 0.3) is 0 Å². The van der Waals surface area contributed by atoms with Gasteiger partial charge in [-0.1, -0.05) is 29.2 Å². The lowest BCUT2D eigenvalue weighted by Gasteiger charge is -2.25. The lowest BCUT2D eigenvalue weighted by Crippen LogP contribution is -2.32. The van der Waals surface area contributed by atoms with Crippen molar-refractivity contribution < 1.29 is 18.0 Å². The summed E-state index contributed by atoms with van der Waals surface area (Å²) in [5.41, 5.74) is -0.117. The number of hydrogen-bond donors (Lipinski definition) is 1. The highest BCUT2D eigenvalue weighted by Gasteiger charge is 2.30. The number of benzene rings is 1. The van der Waals surface area contributed by atoms with Gasteiger partial charge < -0.3 is 10.2 Å². The van der Waals surface area contributed by atoms with E-state index in [4.69, 9.17) is 0 Å². The van der Waals surface area contributed by atoms with Gasteiger partial charge in [-0.05, 0) is 18.2 Å². The van der Waals surface area contributed by atoms with Gasteiger partial charge in [-0.3, -0.25) is 4.79 Å². The zero-order valence-electron chi connectivity index (χ0n) is 15.5. The van der Waals surface area contributed by atoms with Crippen molar-refractivity contribution in [3.63, 3.8) is 0 Å². The van der Waals surface area contributed by atoms with Gasteiger partial charge in [-0.2, -0.15) is 29.9 Å². The fourth-order valence-corrected chi connectivity index (χ4v) is 5.66. The summed E-state index contributed by atoms with van der Waals surface area (Å²) >= 11 is 4.62. The molecule has 30 heavy (non-hydrogen) atoms. The van der Waals surface area contributed by atoms with Crippen LogP contribution in [0.5, 0.6) is 0 Å². The molecule has 0 spiro atoms. The molecular formula is C18H16F3N5OS3. The normalized spacial score (nSPS) is 14.8. The first-order chi connectivity index (χ1) is 14.4. The molecule has 3 aromatic rings. The first-order valence-electron chi connectivity index (χ1n) is 8.94. The van der Waals surface area contributed by atoms with Gasteiger partial charge in [-0.25, -0.2) is 9.97 Å². The summed E-state index contributed by atoms with van der Waals surface area (Å²) in [6, 6.07) is 4.56. The minimum Gasteiger partial charge on any atom is -0.346 e. The Morgan fingerprint density at radius 1 is 1.23 bits per heavy atom. The van der Waals surface area contributed by atoms with Gasteiger partial charge in [0.1, 0.15) is 16.1 Å². The van der Waals surface area contributed by atoms with Crippen LogP contribution in [0.3, 0.4) is 0 Å². The topological polar surface area (TPSA) is 71.0 Å². The largest absolute Gasteiger partial charge is 0.416 e. The maximum absolute atomic E-state index is 12.8. The number of nitrogens with one attached hydrogen (secondary N) is 1. The van der Waals surface area contributed by atoms with Crippen LogP contribution in [0.15, 0.2) is 35.6 Å². The summed E-state index contributed by atoms with van der Waals surface area (Å²) < 4.78 is 39.3. The van der Waals surface area contributed by atoms with E-state index in [2.05, 4.69) is 25.2 Å². The number of nitrogens with zero attached hydrogens (tertiary/aromatic N) is 4. The molecular weight excluding hydrogens is 455 g/mol. The van der Waals surface area contributed by atoms with Crippen LogP contribution >= 0.6 is 34.9 Å². The van der Waals surface area contributed by atoms with Gasteiger partial charge in [0.15, 0.2) is 10.8 Å². The van der Waals surface area contributed by atoms with Crippen LogP contribution in [0.25, 0.3) is 10.3 Å². The van der Waals surface area contributed by atoms with Crippen LogP contribution in [-0.2, 0) is 11.0 Å². The highest BCUT2D eigenvalue weighted by molar-refractivity contribution is 8.00. The van der Waals surface area contributed by atoms with Crippen molar-refractivity contribution in [1.29, 1.82) is 0 Å². The summed E-state index contributed by atoms with van der Waals surface area (Å²) in [7, 11) is 0. The Morgan fingerprint density at radius 2 is 2.03 bits per heavy atom. The number of thioether (sulfide) groups is 2. The third-order valence-corrected chi connectivity index (χ3v) is 7.42. The second-order valence-corrected chi connectivity index (χ2v) is 9.51. The molecule has 158 valence electrons. The van der Waals surface area contributed by atoms with E-state index in [-0.39, 0.29) is 11.4 Å². The average molecular weight is 472 g/mol. The number of halogens is 3. The van der Waals surface area contributed by atoms with Crippen molar-refractivity contribution in [2.75, 3.05) is 40.6 Å². The number of rotatable bonds is 5. The molecule has 6 nitrogen and oxygen atoms in total. The van der Waals surface area contributed by atoms with Gasteiger partial charge in [0.2, 0.25) is 5.91 Å². The Labute approximate surface area is 182 Å². The van der Waals surface area contributed by atoms with Crippen LogP contribution in [-0.4, -0.2) is 51.2 Å². The van der Waals surface area contributed by atoms with Crippen molar-refractivity contribution >= 4 is 61.9 Å². The number of hydrogen-bond acceptors (Lipinski definition) is 8. The maximum Gasteiger partial charge on any atom is 0.416 e. The van der Waals surface area contributed by atoms with Crippen LogP contribution in [0.4, 0.5) is 24.0 Å².